The van der Waals surface area contributed by atoms with Crippen molar-refractivity contribution < 1.29 is 0 Å². The molecule has 0 unspecified atom stereocenters. The summed E-state index contributed by atoms with van der Waals surface area (Å²) in [5.41, 5.74) is 2.21. The van der Waals surface area contributed by atoms with Crippen molar-refractivity contribution in [3.05, 3.63) is 65.2 Å². The standard InChI is InChI=1S/C18H21ClN2S/c1-14(2)12-21(13-15-6-4-3-5-7-15)18(22)20-17-10-8-16(19)9-11-17/h3-11,14H,12-13H2,1-2H3,(H,20,22). The molecule has 0 fully saturated rings. The zero-order valence-electron chi connectivity index (χ0n) is 12.9. The molecule has 0 radical (unpaired) electrons. The van der Waals surface area contributed by atoms with Crippen LogP contribution in [0.1, 0.15) is 19.4 Å². The van der Waals surface area contributed by atoms with Crippen LogP contribution in [0.5, 0.6) is 0 Å². The van der Waals surface area contributed by atoms with Gasteiger partial charge in [-0.15, -0.1) is 0 Å². The topological polar surface area (TPSA) is 15.3 Å². The summed E-state index contributed by atoms with van der Waals surface area (Å²) in [6.45, 7) is 6.11. The fourth-order valence-electron chi connectivity index (χ4n) is 2.20. The molecule has 22 heavy (non-hydrogen) atoms. The van der Waals surface area contributed by atoms with E-state index in [4.69, 9.17) is 23.8 Å². The van der Waals surface area contributed by atoms with Gasteiger partial charge in [-0.1, -0.05) is 55.8 Å². The minimum absolute atomic E-state index is 0.536. The summed E-state index contributed by atoms with van der Waals surface area (Å²) in [6, 6.07) is 18.0. The van der Waals surface area contributed by atoms with Gasteiger partial charge in [0.25, 0.3) is 0 Å². The Morgan fingerprint density at radius 1 is 1.09 bits per heavy atom. The van der Waals surface area contributed by atoms with Gasteiger partial charge in [-0.05, 0) is 48.0 Å². The first-order valence-electron chi connectivity index (χ1n) is 7.40. The van der Waals surface area contributed by atoms with E-state index in [0.29, 0.717) is 5.92 Å². The van der Waals surface area contributed by atoms with E-state index in [1.54, 1.807) is 0 Å². The summed E-state index contributed by atoms with van der Waals surface area (Å²) >= 11 is 11.5. The Kier molecular flexibility index (Phi) is 6.22. The third kappa shape index (κ3) is 5.32. The van der Waals surface area contributed by atoms with Crippen LogP contribution in [0, 0.1) is 5.92 Å². The van der Waals surface area contributed by atoms with Gasteiger partial charge in [0, 0.05) is 23.8 Å². The minimum Gasteiger partial charge on any atom is -0.344 e. The molecular weight excluding hydrogens is 312 g/mol. The summed E-state index contributed by atoms with van der Waals surface area (Å²) in [6.07, 6.45) is 0. The van der Waals surface area contributed by atoms with Crippen LogP contribution < -0.4 is 5.32 Å². The molecule has 1 N–H and O–H groups in total. The molecule has 2 rings (SSSR count). The number of rotatable bonds is 5. The number of thiocarbonyl (C=S) groups is 1. The van der Waals surface area contributed by atoms with Crippen LogP contribution >= 0.6 is 23.8 Å². The summed E-state index contributed by atoms with van der Waals surface area (Å²) in [4.78, 5) is 2.20. The van der Waals surface area contributed by atoms with Crippen LogP contribution in [0.2, 0.25) is 5.02 Å². The SMILES string of the molecule is CC(C)CN(Cc1ccccc1)C(=S)Nc1ccc(Cl)cc1. The number of nitrogens with zero attached hydrogens (tertiary/aromatic N) is 1. The molecule has 0 saturated carbocycles. The number of hydrogen-bond acceptors (Lipinski definition) is 1. The Hall–Kier alpha value is -1.58. The monoisotopic (exact) mass is 332 g/mol. The van der Waals surface area contributed by atoms with Crippen molar-refractivity contribution in [2.24, 2.45) is 5.92 Å². The molecule has 2 aromatic carbocycles. The van der Waals surface area contributed by atoms with Gasteiger partial charge in [0.15, 0.2) is 5.11 Å². The first-order chi connectivity index (χ1) is 10.5. The Morgan fingerprint density at radius 2 is 1.73 bits per heavy atom. The van der Waals surface area contributed by atoms with Gasteiger partial charge in [-0.25, -0.2) is 0 Å². The number of hydrogen-bond donors (Lipinski definition) is 1. The molecule has 0 spiro atoms. The van der Waals surface area contributed by atoms with E-state index in [1.165, 1.54) is 5.56 Å². The molecule has 0 aliphatic heterocycles. The van der Waals surface area contributed by atoms with E-state index in [0.717, 1.165) is 28.9 Å². The van der Waals surface area contributed by atoms with E-state index in [9.17, 15) is 0 Å². The molecule has 4 heteroatoms. The quantitative estimate of drug-likeness (QED) is 0.758. The number of anilines is 1. The van der Waals surface area contributed by atoms with Crippen LogP contribution in [0.25, 0.3) is 0 Å². The van der Waals surface area contributed by atoms with Crippen molar-refractivity contribution in [3.63, 3.8) is 0 Å². The van der Waals surface area contributed by atoms with Crippen molar-refractivity contribution in [1.29, 1.82) is 0 Å². The number of halogens is 1. The zero-order valence-corrected chi connectivity index (χ0v) is 14.5. The summed E-state index contributed by atoms with van der Waals surface area (Å²) in [5.74, 6) is 0.536. The van der Waals surface area contributed by atoms with E-state index in [-0.39, 0.29) is 0 Å². The zero-order chi connectivity index (χ0) is 15.9. The van der Waals surface area contributed by atoms with Gasteiger partial charge < -0.3 is 10.2 Å². The Labute approximate surface area is 143 Å². The lowest BCUT2D eigenvalue weighted by Gasteiger charge is -2.27. The van der Waals surface area contributed by atoms with Crippen molar-refractivity contribution in [1.82, 2.24) is 4.90 Å². The minimum atomic E-state index is 0.536. The van der Waals surface area contributed by atoms with Gasteiger partial charge in [-0.2, -0.15) is 0 Å². The van der Waals surface area contributed by atoms with Gasteiger partial charge in [0.2, 0.25) is 0 Å². The molecule has 0 atom stereocenters. The largest absolute Gasteiger partial charge is 0.344 e. The average molecular weight is 333 g/mol. The Morgan fingerprint density at radius 3 is 2.32 bits per heavy atom. The fraction of sp³-hybridized carbons (Fsp3) is 0.278. The molecule has 0 bridgehead atoms. The van der Waals surface area contributed by atoms with E-state index < -0.39 is 0 Å². The van der Waals surface area contributed by atoms with E-state index in [2.05, 4.69) is 48.3 Å². The fourth-order valence-corrected chi connectivity index (χ4v) is 2.58. The maximum atomic E-state index is 5.92. The number of nitrogens with one attached hydrogen (secondary N) is 1. The van der Waals surface area contributed by atoms with Crippen LogP contribution in [0.15, 0.2) is 54.6 Å². The second-order valence-corrected chi connectivity index (χ2v) is 6.52. The smallest absolute Gasteiger partial charge is 0.173 e. The van der Waals surface area contributed by atoms with Gasteiger partial charge in [-0.3, -0.25) is 0 Å². The summed E-state index contributed by atoms with van der Waals surface area (Å²) in [7, 11) is 0. The van der Waals surface area contributed by atoms with Crippen molar-refractivity contribution in [3.8, 4) is 0 Å². The molecule has 2 aromatic rings. The molecule has 0 heterocycles. The first-order valence-corrected chi connectivity index (χ1v) is 8.18. The lowest BCUT2D eigenvalue weighted by atomic mass is 10.1. The maximum Gasteiger partial charge on any atom is 0.173 e. The van der Waals surface area contributed by atoms with Crippen LogP contribution in [-0.4, -0.2) is 16.6 Å². The highest BCUT2D eigenvalue weighted by Gasteiger charge is 2.12. The van der Waals surface area contributed by atoms with E-state index in [1.807, 2.05) is 30.3 Å². The second-order valence-electron chi connectivity index (χ2n) is 5.70. The highest BCUT2D eigenvalue weighted by atomic mass is 35.5. The normalized spacial score (nSPS) is 10.5. The number of benzene rings is 2. The lowest BCUT2D eigenvalue weighted by Crippen LogP contribution is -2.36. The van der Waals surface area contributed by atoms with Crippen molar-refractivity contribution >= 4 is 34.6 Å². The van der Waals surface area contributed by atoms with Gasteiger partial charge >= 0.3 is 0 Å². The predicted molar refractivity (Wildman–Crippen MR) is 99.4 cm³/mol. The van der Waals surface area contributed by atoms with E-state index >= 15 is 0 Å². The molecule has 0 saturated heterocycles. The molecule has 2 nitrogen and oxygen atoms in total. The highest BCUT2D eigenvalue weighted by Crippen LogP contribution is 2.15. The first kappa shape index (κ1) is 16.8. The van der Waals surface area contributed by atoms with Gasteiger partial charge in [0.1, 0.15) is 0 Å². The predicted octanol–water partition coefficient (Wildman–Crippen LogP) is 5.20. The highest BCUT2D eigenvalue weighted by molar-refractivity contribution is 7.80. The van der Waals surface area contributed by atoms with Crippen molar-refractivity contribution in [2.75, 3.05) is 11.9 Å². The lowest BCUT2D eigenvalue weighted by molar-refractivity contribution is 0.364. The third-order valence-electron chi connectivity index (χ3n) is 3.18. The maximum absolute atomic E-state index is 5.92. The van der Waals surface area contributed by atoms with Crippen molar-refractivity contribution in [2.45, 2.75) is 20.4 Å². The van der Waals surface area contributed by atoms with Crippen LogP contribution in [0.3, 0.4) is 0 Å². The molecular formula is C18H21ClN2S. The molecule has 116 valence electrons. The summed E-state index contributed by atoms with van der Waals surface area (Å²) in [5, 5.41) is 4.75. The third-order valence-corrected chi connectivity index (χ3v) is 3.80. The molecule has 0 aliphatic rings. The second kappa shape index (κ2) is 8.16. The summed E-state index contributed by atoms with van der Waals surface area (Å²) < 4.78 is 0. The Bertz CT molecular complexity index is 596. The average Bonchev–Trinajstić information content (AvgIpc) is 2.49. The molecule has 0 aromatic heterocycles. The van der Waals surface area contributed by atoms with Gasteiger partial charge in [0.05, 0.1) is 0 Å². The molecule has 0 amide bonds. The van der Waals surface area contributed by atoms with Crippen LogP contribution in [-0.2, 0) is 6.54 Å². The molecule has 0 aliphatic carbocycles. The Balaban J connectivity index is 2.07. The van der Waals surface area contributed by atoms with Crippen LogP contribution in [0.4, 0.5) is 5.69 Å².